The van der Waals surface area contributed by atoms with Gasteiger partial charge in [0.2, 0.25) is 0 Å². The highest BCUT2D eigenvalue weighted by molar-refractivity contribution is 9.10. The lowest BCUT2D eigenvalue weighted by Gasteiger charge is -2.20. The monoisotopic (exact) mass is 321 g/mol. The molecule has 0 amide bonds. The maximum absolute atomic E-state index is 3.56. The summed E-state index contributed by atoms with van der Waals surface area (Å²) in [6.07, 6.45) is 1.09. The quantitative estimate of drug-likeness (QED) is 0.823. The molecule has 1 aromatic carbocycles. The summed E-state index contributed by atoms with van der Waals surface area (Å²) in [6.45, 7) is 2.24. The third kappa shape index (κ3) is 4.11. The number of halogens is 2. The molecule has 0 fully saturated rings. The van der Waals surface area contributed by atoms with Gasteiger partial charge in [0.05, 0.1) is 0 Å². The van der Waals surface area contributed by atoms with E-state index in [1.807, 2.05) is 6.07 Å². The number of nitrogens with zero attached hydrogens (tertiary/aromatic N) is 1. The van der Waals surface area contributed by atoms with Gasteiger partial charge in [-0.3, -0.25) is 0 Å². The molecule has 1 nitrogen and oxygen atoms in total. The smallest absolute Gasteiger partial charge is 0.0207 e. The van der Waals surface area contributed by atoms with Crippen molar-refractivity contribution in [1.82, 2.24) is 4.90 Å². The van der Waals surface area contributed by atoms with E-state index in [2.05, 4.69) is 60.0 Å². The van der Waals surface area contributed by atoms with Crippen LogP contribution in [-0.2, 0) is 6.42 Å². The molecule has 0 aromatic heterocycles. The molecule has 1 atom stereocenters. The molecule has 0 aliphatic heterocycles. The van der Waals surface area contributed by atoms with Crippen molar-refractivity contribution in [1.29, 1.82) is 0 Å². The first-order chi connectivity index (χ1) is 6.11. The summed E-state index contributed by atoms with van der Waals surface area (Å²) in [5.41, 5.74) is 1.38. The Morgan fingerprint density at radius 1 is 1.29 bits per heavy atom. The van der Waals surface area contributed by atoms with Crippen molar-refractivity contribution in [3.05, 3.63) is 34.3 Å². The van der Waals surface area contributed by atoms with Gasteiger partial charge in [-0.2, -0.15) is 0 Å². The molecule has 3 heteroatoms. The molecular weight excluding hydrogens is 306 g/mol. The third-order valence-electron chi connectivity index (χ3n) is 2.35. The van der Waals surface area contributed by atoms with Crippen molar-refractivity contribution in [2.45, 2.75) is 19.4 Å². The molecule has 1 rings (SSSR count). The van der Waals surface area contributed by atoms with E-state index in [0.29, 0.717) is 6.04 Å². The van der Waals surface area contributed by atoms with Gasteiger partial charge < -0.3 is 4.90 Å². The molecule has 0 aliphatic rings. The molecular formula is C11H17Br2N. The van der Waals surface area contributed by atoms with Crippen molar-refractivity contribution < 1.29 is 0 Å². The fourth-order valence-electron chi connectivity index (χ4n) is 1.16. The van der Waals surface area contributed by atoms with Crippen molar-refractivity contribution in [2.75, 3.05) is 14.1 Å². The summed E-state index contributed by atoms with van der Waals surface area (Å²) < 4.78 is 1.21. The van der Waals surface area contributed by atoms with E-state index in [1.54, 1.807) is 0 Å². The van der Waals surface area contributed by atoms with Crippen molar-refractivity contribution in [2.24, 2.45) is 0 Å². The molecule has 0 saturated heterocycles. The summed E-state index contributed by atoms with van der Waals surface area (Å²) in [7, 11) is 4.23. The van der Waals surface area contributed by atoms with Crippen LogP contribution in [0.5, 0.6) is 0 Å². The Morgan fingerprint density at radius 2 is 1.86 bits per heavy atom. The van der Waals surface area contributed by atoms with E-state index in [1.165, 1.54) is 10.0 Å². The largest absolute Gasteiger partial charge is 0.306 e. The second-order valence-corrected chi connectivity index (χ2v) is 4.46. The number of likely N-dealkylation sites (N-methyl/N-ethyl adjacent to an activating group) is 1. The van der Waals surface area contributed by atoms with E-state index in [9.17, 15) is 0 Å². The molecule has 80 valence electrons. The van der Waals surface area contributed by atoms with Crippen LogP contribution in [0.4, 0.5) is 0 Å². The molecule has 14 heavy (non-hydrogen) atoms. The zero-order valence-electron chi connectivity index (χ0n) is 8.83. The maximum atomic E-state index is 3.56. The standard InChI is InChI=1S/C11H16BrN.BrH/c1-9(13(2)3)8-10-6-4-5-7-11(10)12;/h4-7,9H,8H2,1-3H3;1H. The zero-order valence-corrected chi connectivity index (χ0v) is 12.1. The Kier molecular flexibility index (Phi) is 6.66. The Hall–Kier alpha value is 0.140. The fraction of sp³-hybridized carbons (Fsp3) is 0.455. The fourth-order valence-corrected chi connectivity index (χ4v) is 1.61. The summed E-state index contributed by atoms with van der Waals surface area (Å²) >= 11 is 3.56. The molecule has 0 N–H and O–H groups in total. The lowest BCUT2D eigenvalue weighted by molar-refractivity contribution is 0.312. The Labute approximate surface area is 105 Å². The highest BCUT2D eigenvalue weighted by atomic mass is 79.9. The van der Waals surface area contributed by atoms with Gasteiger partial charge >= 0.3 is 0 Å². The van der Waals surface area contributed by atoms with Crippen LogP contribution in [0, 0.1) is 0 Å². The van der Waals surface area contributed by atoms with Crippen molar-refractivity contribution >= 4 is 32.9 Å². The number of benzene rings is 1. The first-order valence-corrected chi connectivity index (χ1v) is 5.30. The SMILES string of the molecule is Br.CC(Cc1ccccc1Br)N(C)C. The number of hydrogen-bond donors (Lipinski definition) is 0. The van der Waals surface area contributed by atoms with Gasteiger partial charge in [0.25, 0.3) is 0 Å². The average molecular weight is 323 g/mol. The normalized spacial score (nSPS) is 12.4. The van der Waals surface area contributed by atoms with E-state index in [0.717, 1.165) is 6.42 Å². The Morgan fingerprint density at radius 3 is 2.36 bits per heavy atom. The molecule has 0 radical (unpaired) electrons. The van der Waals surface area contributed by atoms with Gasteiger partial charge in [-0.1, -0.05) is 34.1 Å². The Bertz CT molecular complexity index is 274. The lowest BCUT2D eigenvalue weighted by Crippen LogP contribution is -2.26. The van der Waals surface area contributed by atoms with Gasteiger partial charge in [-0.15, -0.1) is 17.0 Å². The van der Waals surface area contributed by atoms with Crippen LogP contribution in [0.1, 0.15) is 12.5 Å². The van der Waals surface area contributed by atoms with Crippen LogP contribution in [0.15, 0.2) is 28.7 Å². The minimum atomic E-state index is 0. The van der Waals surface area contributed by atoms with Gasteiger partial charge in [0.15, 0.2) is 0 Å². The predicted octanol–water partition coefficient (Wildman–Crippen LogP) is 3.52. The van der Waals surface area contributed by atoms with Crippen LogP contribution in [-0.4, -0.2) is 25.0 Å². The van der Waals surface area contributed by atoms with Gasteiger partial charge in [-0.25, -0.2) is 0 Å². The summed E-state index contributed by atoms with van der Waals surface area (Å²) in [6, 6.07) is 8.98. The third-order valence-corrected chi connectivity index (χ3v) is 3.13. The van der Waals surface area contributed by atoms with Crippen LogP contribution >= 0.6 is 32.9 Å². The van der Waals surface area contributed by atoms with Crippen LogP contribution in [0.2, 0.25) is 0 Å². The molecule has 1 unspecified atom stereocenters. The van der Waals surface area contributed by atoms with E-state index >= 15 is 0 Å². The average Bonchev–Trinajstić information content (AvgIpc) is 2.08. The maximum Gasteiger partial charge on any atom is 0.0207 e. The van der Waals surface area contributed by atoms with Gasteiger partial charge in [-0.05, 0) is 39.1 Å². The van der Waals surface area contributed by atoms with Crippen LogP contribution in [0.25, 0.3) is 0 Å². The molecule has 0 spiro atoms. The minimum absolute atomic E-state index is 0. The predicted molar refractivity (Wildman–Crippen MR) is 71.3 cm³/mol. The molecule has 0 heterocycles. The second-order valence-electron chi connectivity index (χ2n) is 3.61. The zero-order chi connectivity index (χ0) is 9.84. The minimum Gasteiger partial charge on any atom is -0.306 e. The summed E-state index contributed by atoms with van der Waals surface area (Å²) in [4.78, 5) is 2.24. The van der Waals surface area contributed by atoms with Crippen molar-refractivity contribution in [3.8, 4) is 0 Å². The summed E-state index contributed by atoms with van der Waals surface area (Å²) in [5.74, 6) is 0. The highest BCUT2D eigenvalue weighted by Gasteiger charge is 2.07. The first-order valence-electron chi connectivity index (χ1n) is 4.51. The molecule has 1 aromatic rings. The van der Waals surface area contributed by atoms with Crippen molar-refractivity contribution in [3.63, 3.8) is 0 Å². The van der Waals surface area contributed by atoms with Crippen LogP contribution < -0.4 is 0 Å². The Balaban J connectivity index is 0.00000169. The summed E-state index contributed by atoms with van der Waals surface area (Å²) in [5, 5.41) is 0. The van der Waals surface area contributed by atoms with E-state index < -0.39 is 0 Å². The first kappa shape index (κ1) is 14.1. The topological polar surface area (TPSA) is 3.24 Å². The van der Waals surface area contributed by atoms with E-state index in [4.69, 9.17) is 0 Å². The highest BCUT2D eigenvalue weighted by Crippen LogP contribution is 2.18. The molecule has 0 aliphatic carbocycles. The lowest BCUT2D eigenvalue weighted by atomic mass is 10.1. The molecule has 0 saturated carbocycles. The number of hydrogen-bond acceptors (Lipinski definition) is 1. The number of rotatable bonds is 3. The van der Waals surface area contributed by atoms with Gasteiger partial charge in [0, 0.05) is 10.5 Å². The van der Waals surface area contributed by atoms with E-state index in [-0.39, 0.29) is 17.0 Å². The second kappa shape index (κ2) is 6.59. The van der Waals surface area contributed by atoms with Gasteiger partial charge in [0.1, 0.15) is 0 Å². The molecule has 0 bridgehead atoms. The van der Waals surface area contributed by atoms with Crippen LogP contribution in [0.3, 0.4) is 0 Å².